The Morgan fingerprint density at radius 1 is 1.42 bits per heavy atom. The number of nitro groups is 1. The number of carbonyl (C=O) groups excluding carboxylic acids is 1. The fraction of sp³-hybridized carbons (Fsp3) is 0.167. The van der Waals surface area contributed by atoms with Gasteiger partial charge in [0.1, 0.15) is 5.25 Å². The van der Waals surface area contributed by atoms with Crippen LogP contribution in [0.25, 0.3) is 0 Å². The molecule has 2 rings (SSSR count). The van der Waals surface area contributed by atoms with Crippen molar-refractivity contribution in [3.8, 4) is 11.5 Å². The van der Waals surface area contributed by atoms with Crippen molar-refractivity contribution >= 4 is 40.7 Å². The van der Waals surface area contributed by atoms with Crippen LogP contribution >= 0.6 is 11.8 Å². The first-order valence-electron chi connectivity index (χ1n) is 6.28. The molecule has 1 unspecified atom stereocenters. The number of phenols is 2. The van der Waals surface area contributed by atoms with E-state index in [1.165, 1.54) is 0 Å². The number of hydrogen-bond acceptors (Lipinski definition) is 9. The van der Waals surface area contributed by atoms with Crippen molar-refractivity contribution < 1.29 is 29.8 Å². The average molecular weight is 354 g/mol. The van der Waals surface area contributed by atoms with Gasteiger partial charge in [-0.05, 0) is 6.07 Å². The van der Waals surface area contributed by atoms with E-state index < -0.39 is 39.2 Å². The van der Waals surface area contributed by atoms with Crippen LogP contribution in [-0.2, 0) is 9.59 Å². The van der Waals surface area contributed by atoms with E-state index in [1.54, 1.807) is 0 Å². The summed E-state index contributed by atoms with van der Waals surface area (Å²) >= 11 is 0.870. The highest BCUT2D eigenvalue weighted by Crippen LogP contribution is 2.31. The lowest BCUT2D eigenvalue weighted by molar-refractivity contribution is -0.385. The quantitative estimate of drug-likeness (QED) is 0.254. The number of aromatic hydroxyl groups is 2. The summed E-state index contributed by atoms with van der Waals surface area (Å²) in [6, 6.07) is 1.70. The van der Waals surface area contributed by atoms with E-state index in [4.69, 9.17) is 5.11 Å². The molecule has 0 radical (unpaired) electrons. The summed E-state index contributed by atoms with van der Waals surface area (Å²) in [5.74, 6) is -2.88. The molecule has 126 valence electrons. The lowest BCUT2D eigenvalue weighted by atomic mass is 10.1. The number of hydrogen-bond donors (Lipinski definition) is 4. The maximum atomic E-state index is 11.5. The summed E-state index contributed by atoms with van der Waals surface area (Å²) < 4.78 is 0. The number of phenolic OH excluding ortho intramolecular Hbond substituents is 2. The molecule has 1 aromatic carbocycles. The van der Waals surface area contributed by atoms with Gasteiger partial charge in [-0.1, -0.05) is 11.8 Å². The van der Waals surface area contributed by atoms with E-state index in [0.717, 1.165) is 30.1 Å². The van der Waals surface area contributed by atoms with Crippen LogP contribution in [0.2, 0.25) is 0 Å². The smallest absolute Gasteiger partial charge is 0.305 e. The summed E-state index contributed by atoms with van der Waals surface area (Å²) in [7, 11) is 0. The molecule has 1 aliphatic heterocycles. The largest absolute Gasteiger partial charge is 0.504 e. The van der Waals surface area contributed by atoms with Gasteiger partial charge in [0.05, 0.1) is 29.2 Å². The number of aliphatic carboxylic acids is 1. The molecular weight excluding hydrogens is 344 g/mol. The fourth-order valence-electron chi connectivity index (χ4n) is 1.73. The number of carboxylic acid groups (broad SMARTS) is 1. The van der Waals surface area contributed by atoms with Crippen molar-refractivity contribution in [1.82, 2.24) is 5.32 Å². The molecule has 1 aromatic rings. The Balaban J connectivity index is 2.18. The topological polar surface area (TPSA) is 175 Å². The molecule has 11 nitrogen and oxygen atoms in total. The minimum absolute atomic E-state index is 0.0492. The van der Waals surface area contributed by atoms with Crippen LogP contribution in [0.4, 0.5) is 5.69 Å². The van der Waals surface area contributed by atoms with Crippen LogP contribution in [0.1, 0.15) is 12.0 Å². The minimum atomic E-state index is -1.14. The van der Waals surface area contributed by atoms with Crippen molar-refractivity contribution in [2.45, 2.75) is 11.7 Å². The number of nitrogens with zero attached hydrogens (tertiary/aromatic N) is 3. The molecule has 0 saturated carbocycles. The third-order valence-corrected chi connectivity index (χ3v) is 3.87. The molecule has 24 heavy (non-hydrogen) atoms. The van der Waals surface area contributed by atoms with Crippen LogP contribution in [0, 0.1) is 10.1 Å². The van der Waals surface area contributed by atoms with Gasteiger partial charge in [0.2, 0.25) is 5.91 Å². The number of nitro benzene ring substituents is 1. The SMILES string of the molecule is O=C(O)CC1SC(=NN=Cc2cc(O)c(O)cc2[N+](=O)[O-])NC1=O. The normalized spacial score (nSPS) is 18.9. The number of amides is 1. The van der Waals surface area contributed by atoms with E-state index in [2.05, 4.69) is 15.5 Å². The highest BCUT2D eigenvalue weighted by molar-refractivity contribution is 8.15. The molecule has 1 saturated heterocycles. The Kier molecular flexibility index (Phi) is 4.99. The van der Waals surface area contributed by atoms with Crippen molar-refractivity contribution in [2.24, 2.45) is 10.2 Å². The summed E-state index contributed by atoms with van der Waals surface area (Å²) in [5, 5.41) is 47.0. The molecule has 1 amide bonds. The van der Waals surface area contributed by atoms with Crippen molar-refractivity contribution in [3.63, 3.8) is 0 Å². The predicted octanol–water partition coefficient (Wildman–Crippen LogP) is 0.402. The van der Waals surface area contributed by atoms with E-state index in [-0.39, 0.29) is 17.2 Å². The maximum Gasteiger partial charge on any atom is 0.305 e. The molecule has 1 heterocycles. The van der Waals surface area contributed by atoms with Crippen molar-refractivity contribution in [2.75, 3.05) is 0 Å². The van der Waals surface area contributed by atoms with Crippen LogP contribution in [-0.4, -0.2) is 48.8 Å². The standard InChI is InChI=1S/C12H10N4O7S/c17-7-1-5(6(16(22)23)2-8(7)18)4-13-15-12-14-11(21)9(24-12)3-10(19)20/h1-2,4,9,17-18H,3H2,(H,19,20)(H,14,15,21). The number of nitrogens with one attached hydrogen (secondary N) is 1. The van der Waals surface area contributed by atoms with E-state index in [0.29, 0.717) is 0 Å². The van der Waals surface area contributed by atoms with E-state index in [1.807, 2.05) is 0 Å². The second-order valence-corrected chi connectivity index (χ2v) is 5.69. The van der Waals surface area contributed by atoms with Crippen LogP contribution in [0.3, 0.4) is 0 Å². The zero-order chi connectivity index (χ0) is 17.9. The first-order chi connectivity index (χ1) is 11.3. The minimum Gasteiger partial charge on any atom is -0.504 e. The number of thioether (sulfide) groups is 1. The highest BCUT2D eigenvalue weighted by atomic mass is 32.2. The summed E-state index contributed by atoms with van der Waals surface area (Å²) in [6.45, 7) is 0. The van der Waals surface area contributed by atoms with Crippen LogP contribution in [0.15, 0.2) is 22.3 Å². The third kappa shape index (κ3) is 3.98. The van der Waals surface area contributed by atoms with Gasteiger partial charge in [-0.3, -0.25) is 19.7 Å². The van der Waals surface area contributed by atoms with E-state index >= 15 is 0 Å². The van der Waals surface area contributed by atoms with Crippen molar-refractivity contribution in [1.29, 1.82) is 0 Å². The highest BCUT2D eigenvalue weighted by Gasteiger charge is 2.32. The molecule has 0 spiro atoms. The Labute approximate surface area is 137 Å². The van der Waals surface area contributed by atoms with Crippen LogP contribution in [0.5, 0.6) is 11.5 Å². The van der Waals surface area contributed by atoms with Crippen molar-refractivity contribution in [3.05, 3.63) is 27.8 Å². The van der Waals surface area contributed by atoms with Gasteiger partial charge >= 0.3 is 5.97 Å². The summed E-state index contributed by atoms with van der Waals surface area (Å²) in [6.07, 6.45) is 0.581. The molecule has 1 atom stereocenters. The van der Waals surface area contributed by atoms with Gasteiger partial charge in [-0.2, -0.15) is 5.10 Å². The molecule has 1 aliphatic rings. The Morgan fingerprint density at radius 2 is 2.08 bits per heavy atom. The maximum absolute atomic E-state index is 11.5. The average Bonchev–Trinajstić information content (AvgIpc) is 2.81. The number of carboxylic acids is 1. The molecule has 0 bridgehead atoms. The molecule has 12 heteroatoms. The van der Waals surface area contributed by atoms with Gasteiger partial charge in [-0.15, -0.1) is 5.10 Å². The Bertz CT molecular complexity index is 777. The number of carbonyl (C=O) groups is 2. The zero-order valence-corrected chi connectivity index (χ0v) is 12.6. The fourth-order valence-corrected chi connectivity index (χ4v) is 2.65. The van der Waals surface area contributed by atoms with Gasteiger partial charge in [0.25, 0.3) is 5.69 Å². The summed E-state index contributed by atoms with van der Waals surface area (Å²) in [4.78, 5) is 32.2. The zero-order valence-electron chi connectivity index (χ0n) is 11.7. The van der Waals surface area contributed by atoms with Gasteiger partial charge in [0, 0.05) is 0 Å². The third-order valence-electron chi connectivity index (χ3n) is 2.80. The van der Waals surface area contributed by atoms with E-state index in [9.17, 15) is 29.9 Å². The Morgan fingerprint density at radius 3 is 2.71 bits per heavy atom. The number of benzene rings is 1. The second kappa shape index (κ2) is 6.95. The first-order valence-corrected chi connectivity index (χ1v) is 7.16. The Hall–Kier alpha value is -3.15. The summed E-state index contributed by atoms with van der Waals surface area (Å²) in [5.41, 5.74) is -0.614. The number of rotatable bonds is 5. The van der Waals surface area contributed by atoms with Gasteiger partial charge < -0.3 is 20.6 Å². The predicted molar refractivity (Wildman–Crippen MR) is 83.2 cm³/mol. The molecule has 0 aliphatic carbocycles. The number of amidine groups is 1. The molecule has 0 aromatic heterocycles. The molecule has 1 fully saturated rings. The van der Waals surface area contributed by atoms with Gasteiger partial charge in [-0.25, -0.2) is 0 Å². The lowest BCUT2D eigenvalue weighted by Gasteiger charge is -2.00. The lowest BCUT2D eigenvalue weighted by Crippen LogP contribution is -2.26. The first kappa shape index (κ1) is 17.2. The monoisotopic (exact) mass is 354 g/mol. The molecule has 4 N–H and O–H groups in total. The van der Waals surface area contributed by atoms with Gasteiger partial charge in [0.15, 0.2) is 16.7 Å². The van der Waals surface area contributed by atoms with Crippen LogP contribution < -0.4 is 5.32 Å². The molecular formula is C12H10N4O7S. The second-order valence-electron chi connectivity index (χ2n) is 4.50.